The highest BCUT2D eigenvalue weighted by atomic mass is 32.1. The van der Waals surface area contributed by atoms with Crippen molar-refractivity contribution in [2.24, 2.45) is 0 Å². The van der Waals surface area contributed by atoms with Crippen LogP contribution in [0.5, 0.6) is 0 Å². The number of carbonyl (C=O) groups excluding carboxylic acids is 1. The van der Waals surface area contributed by atoms with Gasteiger partial charge < -0.3 is 10.0 Å². The highest BCUT2D eigenvalue weighted by Crippen LogP contribution is 2.19. The van der Waals surface area contributed by atoms with E-state index in [4.69, 9.17) is 5.11 Å². The lowest BCUT2D eigenvalue weighted by Gasteiger charge is -2.20. The molecule has 0 aromatic carbocycles. The summed E-state index contributed by atoms with van der Waals surface area (Å²) in [6, 6.07) is 3.53. The largest absolute Gasteiger partial charge is 0.477 e. The van der Waals surface area contributed by atoms with Gasteiger partial charge in [0.1, 0.15) is 4.88 Å². The Labute approximate surface area is 116 Å². The van der Waals surface area contributed by atoms with Crippen LogP contribution in [0.15, 0.2) is 12.1 Å². The van der Waals surface area contributed by atoms with E-state index in [1.165, 1.54) is 11.3 Å². The van der Waals surface area contributed by atoms with E-state index < -0.39 is 5.97 Å². The molecule has 1 fully saturated rings. The zero-order valence-corrected chi connectivity index (χ0v) is 11.8. The first kappa shape index (κ1) is 14.0. The Bertz CT molecular complexity index is 472. The highest BCUT2D eigenvalue weighted by molar-refractivity contribution is 7.13. The number of carbonyl (C=O) groups is 2. The van der Waals surface area contributed by atoms with Crippen LogP contribution in [0.2, 0.25) is 0 Å². The maximum absolute atomic E-state index is 11.3. The van der Waals surface area contributed by atoms with Crippen LogP contribution in [0, 0.1) is 0 Å². The van der Waals surface area contributed by atoms with Crippen LogP contribution in [0.4, 0.5) is 0 Å². The van der Waals surface area contributed by atoms with Gasteiger partial charge in [0.05, 0.1) is 0 Å². The summed E-state index contributed by atoms with van der Waals surface area (Å²) >= 11 is 1.33. The van der Waals surface area contributed by atoms with Crippen molar-refractivity contribution >= 4 is 23.2 Å². The van der Waals surface area contributed by atoms with Crippen LogP contribution >= 0.6 is 11.3 Å². The van der Waals surface area contributed by atoms with E-state index in [0.29, 0.717) is 4.88 Å². The topological polar surface area (TPSA) is 60.9 Å². The van der Waals surface area contributed by atoms with E-state index in [1.54, 1.807) is 13.0 Å². The van der Waals surface area contributed by atoms with Gasteiger partial charge >= 0.3 is 5.97 Å². The SMILES string of the molecule is CC(=O)N1CCCN(Cc2ccc(C(=O)O)s2)CC1. The van der Waals surface area contributed by atoms with Gasteiger partial charge in [0.25, 0.3) is 0 Å². The van der Waals surface area contributed by atoms with Gasteiger partial charge in [0.15, 0.2) is 0 Å². The van der Waals surface area contributed by atoms with E-state index in [2.05, 4.69) is 4.90 Å². The van der Waals surface area contributed by atoms with Crippen LogP contribution < -0.4 is 0 Å². The Hall–Kier alpha value is -1.40. The third-order valence-electron chi connectivity index (χ3n) is 3.29. The normalized spacial score (nSPS) is 17.2. The fraction of sp³-hybridized carbons (Fsp3) is 0.538. The second kappa shape index (κ2) is 6.16. The number of thiophene rings is 1. The van der Waals surface area contributed by atoms with Crippen molar-refractivity contribution in [1.29, 1.82) is 0 Å². The molecule has 104 valence electrons. The van der Waals surface area contributed by atoms with E-state index in [9.17, 15) is 9.59 Å². The minimum absolute atomic E-state index is 0.131. The molecule has 0 spiro atoms. The standard InChI is InChI=1S/C13H18N2O3S/c1-10(16)15-6-2-5-14(7-8-15)9-11-3-4-12(19-11)13(17)18/h3-4H,2,5-9H2,1H3,(H,17,18). The van der Waals surface area contributed by atoms with Crippen molar-refractivity contribution in [3.8, 4) is 0 Å². The third kappa shape index (κ3) is 3.78. The molecule has 2 rings (SSSR count). The van der Waals surface area contributed by atoms with Crippen molar-refractivity contribution in [3.63, 3.8) is 0 Å². The van der Waals surface area contributed by atoms with Gasteiger partial charge in [-0.15, -0.1) is 11.3 Å². The number of amides is 1. The smallest absolute Gasteiger partial charge is 0.345 e. The number of rotatable bonds is 3. The molecule has 1 amide bonds. The van der Waals surface area contributed by atoms with Gasteiger partial charge in [0, 0.05) is 44.5 Å². The van der Waals surface area contributed by atoms with Crippen molar-refractivity contribution in [2.45, 2.75) is 19.9 Å². The first-order valence-electron chi connectivity index (χ1n) is 6.36. The average molecular weight is 282 g/mol. The Morgan fingerprint density at radius 3 is 2.68 bits per heavy atom. The van der Waals surface area contributed by atoms with E-state index >= 15 is 0 Å². The lowest BCUT2D eigenvalue weighted by Crippen LogP contribution is -2.33. The molecule has 0 bridgehead atoms. The number of hydrogen-bond acceptors (Lipinski definition) is 4. The number of hydrogen-bond donors (Lipinski definition) is 1. The van der Waals surface area contributed by atoms with E-state index in [-0.39, 0.29) is 5.91 Å². The molecule has 6 heteroatoms. The van der Waals surface area contributed by atoms with Crippen LogP contribution in [-0.4, -0.2) is 53.0 Å². The van der Waals surface area contributed by atoms with Crippen molar-refractivity contribution in [2.75, 3.05) is 26.2 Å². The second-order valence-electron chi connectivity index (χ2n) is 4.71. The molecule has 1 N–H and O–H groups in total. The number of carboxylic acids is 1. The molecule has 19 heavy (non-hydrogen) atoms. The van der Waals surface area contributed by atoms with E-state index in [0.717, 1.165) is 44.0 Å². The van der Waals surface area contributed by atoms with Crippen molar-refractivity contribution in [1.82, 2.24) is 9.80 Å². The molecule has 0 aliphatic carbocycles. The lowest BCUT2D eigenvalue weighted by atomic mass is 10.3. The summed E-state index contributed by atoms with van der Waals surface area (Å²) in [5.41, 5.74) is 0. The zero-order valence-electron chi connectivity index (χ0n) is 11.0. The lowest BCUT2D eigenvalue weighted by molar-refractivity contribution is -0.128. The van der Waals surface area contributed by atoms with Gasteiger partial charge in [-0.3, -0.25) is 9.69 Å². The Balaban J connectivity index is 1.92. The first-order chi connectivity index (χ1) is 9.06. The third-order valence-corrected chi connectivity index (χ3v) is 4.34. The molecule has 0 atom stereocenters. The van der Waals surface area contributed by atoms with Gasteiger partial charge in [-0.1, -0.05) is 0 Å². The maximum Gasteiger partial charge on any atom is 0.345 e. The summed E-state index contributed by atoms with van der Waals surface area (Å²) in [5, 5.41) is 8.90. The maximum atomic E-state index is 11.3. The summed E-state index contributed by atoms with van der Waals surface area (Å²) < 4.78 is 0. The average Bonchev–Trinajstić information content (AvgIpc) is 2.68. The molecular weight excluding hydrogens is 264 g/mol. The van der Waals surface area contributed by atoms with Crippen molar-refractivity contribution in [3.05, 3.63) is 21.9 Å². The Morgan fingerprint density at radius 1 is 1.26 bits per heavy atom. The van der Waals surface area contributed by atoms with Gasteiger partial charge in [0.2, 0.25) is 5.91 Å². The molecule has 2 heterocycles. The predicted octanol–water partition coefficient (Wildman–Crippen LogP) is 1.50. The number of aromatic carboxylic acids is 1. The molecule has 1 aromatic rings. The van der Waals surface area contributed by atoms with Gasteiger partial charge in [-0.2, -0.15) is 0 Å². The molecule has 1 saturated heterocycles. The number of carboxylic acid groups (broad SMARTS) is 1. The fourth-order valence-corrected chi connectivity index (χ4v) is 3.13. The molecule has 0 unspecified atom stereocenters. The summed E-state index contributed by atoms with van der Waals surface area (Å²) in [6.45, 7) is 5.74. The second-order valence-corrected chi connectivity index (χ2v) is 5.88. The highest BCUT2D eigenvalue weighted by Gasteiger charge is 2.17. The van der Waals surface area contributed by atoms with Gasteiger partial charge in [-0.05, 0) is 18.6 Å². The predicted molar refractivity (Wildman–Crippen MR) is 73.4 cm³/mol. The van der Waals surface area contributed by atoms with Crippen LogP contribution in [-0.2, 0) is 11.3 Å². The number of nitrogens with zero attached hydrogens (tertiary/aromatic N) is 2. The summed E-state index contributed by atoms with van der Waals surface area (Å²) in [4.78, 5) is 27.8. The minimum atomic E-state index is -0.866. The summed E-state index contributed by atoms with van der Waals surface area (Å²) in [6.07, 6.45) is 0.969. The molecule has 1 aliphatic heterocycles. The monoisotopic (exact) mass is 282 g/mol. The zero-order chi connectivity index (χ0) is 13.8. The van der Waals surface area contributed by atoms with Crippen LogP contribution in [0.3, 0.4) is 0 Å². The van der Waals surface area contributed by atoms with E-state index in [1.807, 2.05) is 11.0 Å². The molecule has 1 aromatic heterocycles. The molecule has 0 radical (unpaired) electrons. The quantitative estimate of drug-likeness (QED) is 0.912. The van der Waals surface area contributed by atoms with Crippen LogP contribution in [0.1, 0.15) is 27.9 Å². The minimum Gasteiger partial charge on any atom is -0.477 e. The Kier molecular flexibility index (Phi) is 4.55. The fourth-order valence-electron chi connectivity index (χ4n) is 2.24. The van der Waals surface area contributed by atoms with Crippen LogP contribution in [0.25, 0.3) is 0 Å². The van der Waals surface area contributed by atoms with Crippen molar-refractivity contribution < 1.29 is 14.7 Å². The molecular formula is C13H18N2O3S. The molecule has 5 nitrogen and oxygen atoms in total. The Morgan fingerprint density at radius 2 is 2.05 bits per heavy atom. The summed E-state index contributed by atoms with van der Waals surface area (Å²) in [5.74, 6) is -0.735. The first-order valence-corrected chi connectivity index (χ1v) is 7.18. The molecule has 0 saturated carbocycles. The van der Waals surface area contributed by atoms with Gasteiger partial charge in [-0.25, -0.2) is 4.79 Å². The summed E-state index contributed by atoms with van der Waals surface area (Å²) in [7, 11) is 0. The molecule has 1 aliphatic rings.